The van der Waals surface area contributed by atoms with Gasteiger partial charge in [0.2, 0.25) is 0 Å². The lowest BCUT2D eigenvalue weighted by molar-refractivity contribution is 0.112. The Kier molecular flexibility index (Phi) is 3.99. The van der Waals surface area contributed by atoms with Crippen molar-refractivity contribution in [3.63, 3.8) is 0 Å². The van der Waals surface area contributed by atoms with E-state index in [0.717, 1.165) is 17.6 Å². The minimum absolute atomic E-state index is 0.731. The molecule has 1 nitrogen and oxygen atoms in total. The molecule has 0 radical (unpaired) electrons. The zero-order valence-corrected chi connectivity index (χ0v) is 10.5. The Morgan fingerprint density at radius 1 is 1.12 bits per heavy atom. The Morgan fingerprint density at radius 2 is 1.88 bits per heavy atom. The number of carbonyl (C=O) groups is 1. The summed E-state index contributed by atoms with van der Waals surface area (Å²) in [5, 5.41) is 0. The molecule has 0 saturated carbocycles. The largest absolute Gasteiger partial charge is 0.298 e. The van der Waals surface area contributed by atoms with E-state index in [9.17, 15) is 4.79 Å². The number of hydrogen-bond donors (Lipinski definition) is 0. The number of benzene rings is 2. The topological polar surface area (TPSA) is 17.1 Å². The number of carbonyl (C=O) groups excluding carboxylic acids is 1. The quantitative estimate of drug-likeness (QED) is 0.593. The summed E-state index contributed by atoms with van der Waals surface area (Å²) in [6.07, 6.45) is 0.872. The van der Waals surface area contributed by atoms with E-state index in [0.29, 0.717) is 0 Å². The highest BCUT2D eigenvalue weighted by molar-refractivity contribution is 7.98. The highest BCUT2D eigenvalue weighted by Crippen LogP contribution is 2.23. The van der Waals surface area contributed by atoms with Gasteiger partial charge in [-0.05, 0) is 24.6 Å². The minimum atomic E-state index is 0.731. The number of aldehydes is 1. The normalized spacial score (nSPS) is 10.2. The Morgan fingerprint density at radius 3 is 2.53 bits per heavy atom. The molecule has 0 spiro atoms. The first kappa shape index (κ1) is 11.9. The molecule has 0 amide bonds. The van der Waals surface area contributed by atoms with Gasteiger partial charge in [-0.1, -0.05) is 42.0 Å². The van der Waals surface area contributed by atoms with E-state index in [1.54, 1.807) is 0 Å². The van der Waals surface area contributed by atoms with Crippen LogP contribution in [-0.2, 0) is 5.75 Å². The molecule has 2 rings (SSSR count). The van der Waals surface area contributed by atoms with Crippen LogP contribution < -0.4 is 0 Å². The molecular weight excluding hydrogens is 228 g/mol. The third kappa shape index (κ3) is 3.46. The average Bonchev–Trinajstić information content (AvgIpc) is 2.37. The predicted octanol–water partition coefficient (Wildman–Crippen LogP) is 4.10. The lowest BCUT2D eigenvalue weighted by Crippen LogP contribution is -1.83. The van der Waals surface area contributed by atoms with Crippen LogP contribution >= 0.6 is 11.8 Å². The van der Waals surface area contributed by atoms with E-state index < -0.39 is 0 Å². The molecule has 0 heterocycles. The second kappa shape index (κ2) is 5.69. The summed E-state index contributed by atoms with van der Waals surface area (Å²) in [6.45, 7) is 2.10. The van der Waals surface area contributed by atoms with Crippen LogP contribution in [0, 0.1) is 6.92 Å². The Hall–Kier alpha value is -1.54. The van der Waals surface area contributed by atoms with Gasteiger partial charge in [0.15, 0.2) is 0 Å². The molecule has 2 aromatic rings. The molecule has 0 saturated heterocycles. The van der Waals surface area contributed by atoms with Gasteiger partial charge in [-0.2, -0.15) is 0 Å². The van der Waals surface area contributed by atoms with E-state index in [2.05, 4.69) is 31.2 Å². The summed E-state index contributed by atoms with van der Waals surface area (Å²) in [6, 6.07) is 16.2. The molecule has 0 unspecified atom stereocenters. The molecule has 0 aliphatic heterocycles. The van der Waals surface area contributed by atoms with Gasteiger partial charge < -0.3 is 0 Å². The second-order valence-corrected chi connectivity index (χ2v) is 5.01. The maximum Gasteiger partial charge on any atom is 0.150 e. The van der Waals surface area contributed by atoms with E-state index in [-0.39, 0.29) is 0 Å². The molecule has 86 valence electrons. The van der Waals surface area contributed by atoms with Gasteiger partial charge in [0.25, 0.3) is 0 Å². The van der Waals surface area contributed by atoms with Gasteiger partial charge in [-0.15, -0.1) is 11.8 Å². The summed E-state index contributed by atoms with van der Waals surface area (Å²) in [5.41, 5.74) is 3.25. The van der Waals surface area contributed by atoms with Crippen molar-refractivity contribution in [3.8, 4) is 0 Å². The van der Waals surface area contributed by atoms with Gasteiger partial charge in [-0.3, -0.25) is 4.79 Å². The Balaban J connectivity index is 1.99. The molecule has 2 heteroatoms. The van der Waals surface area contributed by atoms with Crippen molar-refractivity contribution in [1.82, 2.24) is 0 Å². The summed E-state index contributed by atoms with van der Waals surface area (Å²) >= 11 is 1.81. The van der Waals surface area contributed by atoms with Crippen molar-refractivity contribution < 1.29 is 4.79 Å². The zero-order valence-electron chi connectivity index (χ0n) is 9.72. The number of hydrogen-bond acceptors (Lipinski definition) is 2. The first-order valence-corrected chi connectivity index (χ1v) is 6.50. The molecule has 0 bridgehead atoms. The Bertz CT molecular complexity index is 503. The van der Waals surface area contributed by atoms with Gasteiger partial charge >= 0.3 is 0 Å². The van der Waals surface area contributed by atoms with Crippen LogP contribution in [0.3, 0.4) is 0 Å². The monoisotopic (exact) mass is 242 g/mol. The fraction of sp³-hybridized carbons (Fsp3) is 0.133. The van der Waals surface area contributed by atoms with Crippen LogP contribution in [0.2, 0.25) is 0 Å². The minimum Gasteiger partial charge on any atom is -0.298 e. The number of rotatable bonds is 4. The number of thioether (sulfide) groups is 1. The summed E-state index contributed by atoms with van der Waals surface area (Å²) < 4.78 is 0. The van der Waals surface area contributed by atoms with E-state index >= 15 is 0 Å². The standard InChI is InChI=1S/C15H14OS/c1-12-3-2-4-15(9-12)17-11-14-7-5-13(10-16)6-8-14/h2-10H,11H2,1H3. The summed E-state index contributed by atoms with van der Waals surface area (Å²) in [4.78, 5) is 11.8. The van der Waals surface area contributed by atoms with Crippen molar-refractivity contribution in [2.24, 2.45) is 0 Å². The van der Waals surface area contributed by atoms with Crippen LogP contribution in [0.25, 0.3) is 0 Å². The predicted molar refractivity (Wildman–Crippen MR) is 72.6 cm³/mol. The van der Waals surface area contributed by atoms with Crippen molar-refractivity contribution in [2.75, 3.05) is 0 Å². The fourth-order valence-corrected chi connectivity index (χ4v) is 2.53. The van der Waals surface area contributed by atoms with Crippen LogP contribution in [-0.4, -0.2) is 6.29 Å². The third-order valence-electron chi connectivity index (χ3n) is 2.51. The van der Waals surface area contributed by atoms with Gasteiger partial charge in [0, 0.05) is 16.2 Å². The number of aryl methyl sites for hydroxylation is 1. The van der Waals surface area contributed by atoms with Crippen molar-refractivity contribution in [3.05, 3.63) is 65.2 Å². The molecule has 0 N–H and O–H groups in total. The third-order valence-corrected chi connectivity index (χ3v) is 3.58. The van der Waals surface area contributed by atoms with Crippen LogP contribution in [0.5, 0.6) is 0 Å². The van der Waals surface area contributed by atoms with E-state index in [1.807, 2.05) is 36.0 Å². The van der Waals surface area contributed by atoms with Gasteiger partial charge in [-0.25, -0.2) is 0 Å². The average molecular weight is 242 g/mol. The zero-order chi connectivity index (χ0) is 12.1. The first-order chi connectivity index (χ1) is 8.28. The van der Waals surface area contributed by atoms with Crippen molar-refractivity contribution in [2.45, 2.75) is 17.6 Å². The van der Waals surface area contributed by atoms with Crippen LogP contribution in [0.15, 0.2) is 53.4 Å². The molecular formula is C15H14OS. The molecule has 2 aromatic carbocycles. The maximum absolute atomic E-state index is 10.5. The van der Waals surface area contributed by atoms with Crippen LogP contribution in [0.1, 0.15) is 21.5 Å². The van der Waals surface area contributed by atoms with E-state index in [4.69, 9.17) is 0 Å². The summed E-state index contributed by atoms with van der Waals surface area (Å²) in [5.74, 6) is 0.933. The maximum atomic E-state index is 10.5. The molecule has 0 atom stereocenters. The second-order valence-electron chi connectivity index (χ2n) is 3.96. The molecule has 17 heavy (non-hydrogen) atoms. The first-order valence-electron chi connectivity index (χ1n) is 5.51. The lowest BCUT2D eigenvalue weighted by atomic mass is 10.2. The SMILES string of the molecule is Cc1cccc(SCc2ccc(C=O)cc2)c1. The summed E-state index contributed by atoms with van der Waals surface area (Å²) in [7, 11) is 0. The fourth-order valence-electron chi connectivity index (χ4n) is 1.56. The lowest BCUT2D eigenvalue weighted by Gasteiger charge is -2.03. The molecule has 0 aliphatic rings. The molecule has 0 aliphatic carbocycles. The van der Waals surface area contributed by atoms with E-state index in [1.165, 1.54) is 16.0 Å². The van der Waals surface area contributed by atoms with Crippen LogP contribution in [0.4, 0.5) is 0 Å². The van der Waals surface area contributed by atoms with Gasteiger partial charge in [0.1, 0.15) is 6.29 Å². The molecule has 0 aromatic heterocycles. The van der Waals surface area contributed by atoms with Crippen molar-refractivity contribution in [1.29, 1.82) is 0 Å². The van der Waals surface area contributed by atoms with Gasteiger partial charge in [0.05, 0.1) is 0 Å². The van der Waals surface area contributed by atoms with Crippen molar-refractivity contribution >= 4 is 18.0 Å². The smallest absolute Gasteiger partial charge is 0.150 e. The Labute approximate surface area is 106 Å². The highest BCUT2D eigenvalue weighted by atomic mass is 32.2. The highest BCUT2D eigenvalue weighted by Gasteiger charge is 1.97. The molecule has 0 fully saturated rings.